The molecule has 6 nitrogen and oxygen atoms in total. The number of carbonyl (C=O) groups excluding carboxylic acids is 1. The smallest absolute Gasteiger partial charge is 0.418 e. The van der Waals surface area contributed by atoms with Crippen molar-refractivity contribution in [3.8, 4) is 5.75 Å². The number of pyridine rings is 1. The molecule has 34 heavy (non-hydrogen) atoms. The van der Waals surface area contributed by atoms with Gasteiger partial charge in [-0.05, 0) is 56.6 Å². The van der Waals surface area contributed by atoms with Gasteiger partial charge in [0.2, 0.25) is 5.91 Å². The number of aliphatic hydroxyl groups is 1. The lowest BCUT2D eigenvalue weighted by atomic mass is 9.73. The molecule has 184 valence electrons. The molecule has 2 aromatic rings. The van der Waals surface area contributed by atoms with E-state index in [1.807, 2.05) is 4.90 Å². The number of anilines is 1. The molecule has 0 radical (unpaired) electrons. The fourth-order valence-electron chi connectivity index (χ4n) is 4.61. The van der Waals surface area contributed by atoms with Crippen molar-refractivity contribution >= 4 is 11.6 Å². The van der Waals surface area contributed by atoms with Gasteiger partial charge in [-0.2, -0.15) is 13.2 Å². The minimum atomic E-state index is -4.68. The number of likely N-dealkylation sites (tertiary alicyclic amines) is 1. The van der Waals surface area contributed by atoms with Crippen molar-refractivity contribution in [2.75, 3.05) is 31.6 Å². The number of hydrogen-bond donors (Lipinski definition) is 2. The van der Waals surface area contributed by atoms with Crippen LogP contribution in [0.5, 0.6) is 5.75 Å². The number of halogens is 5. The first kappa shape index (κ1) is 24.3. The zero-order valence-corrected chi connectivity index (χ0v) is 18.3. The minimum Gasteiger partial charge on any atom is -0.491 e. The molecule has 1 saturated heterocycles. The van der Waals surface area contributed by atoms with E-state index >= 15 is 0 Å². The molecule has 1 fully saturated rings. The maximum Gasteiger partial charge on any atom is 0.418 e. The SMILES string of the molecule is C[C@H](O)c1ncc(OCCN2CCC3(CC2)C(=O)Nc2ccc(C(F)F)cc23)cc1C(F)(F)F. The number of amides is 1. The van der Waals surface area contributed by atoms with E-state index in [9.17, 15) is 31.9 Å². The Hall–Kier alpha value is -2.79. The molecule has 4 rings (SSSR count). The largest absolute Gasteiger partial charge is 0.491 e. The summed E-state index contributed by atoms with van der Waals surface area (Å²) in [5, 5.41) is 12.3. The van der Waals surface area contributed by atoms with Crippen molar-refractivity contribution < 1.29 is 36.6 Å². The van der Waals surface area contributed by atoms with Crippen LogP contribution in [0.2, 0.25) is 0 Å². The van der Waals surface area contributed by atoms with Crippen LogP contribution in [0.25, 0.3) is 0 Å². The number of nitrogens with one attached hydrogen (secondary N) is 1. The maximum atomic E-state index is 13.3. The van der Waals surface area contributed by atoms with E-state index in [4.69, 9.17) is 4.74 Å². The van der Waals surface area contributed by atoms with Crippen LogP contribution in [0.15, 0.2) is 30.5 Å². The van der Waals surface area contributed by atoms with E-state index < -0.39 is 35.4 Å². The van der Waals surface area contributed by atoms with E-state index in [0.717, 1.165) is 12.3 Å². The molecule has 0 saturated carbocycles. The molecule has 1 atom stereocenters. The van der Waals surface area contributed by atoms with Crippen LogP contribution in [-0.2, 0) is 16.4 Å². The number of ether oxygens (including phenoxy) is 1. The van der Waals surface area contributed by atoms with Gasteiger partial charge in [0.05, 0.1) is 29.0 Å². The Morgan fingerprint density at radius 1 is 1.24 bits per heavy atom. The molecule has 0 aliphatic carbocycles. The van der Waals surface area contributed by atoms with Gasteiger partial charge in [0.1, 0.15) is 12.4 Å². The van der Waals surface area contributed by atoms with Gasteiger partial charge >= 0.3 is 6.18 Å². The van der Waals surface area contributed by atoms with Crippen molar-refractivity contribution in [3.63, 3.8) is 0 Å². The van der Waals surface area contributed by atoms with Crippen LogP contribution in [-0.4, -0.2) is 47.1 Å². The third-order valence-electron chi connectivity index (χ3n) is 6.47. The summed E-state index contributed by atoms with van der Waals surface area (Å²) < 4.78 is 71.6. The monoisotopic (exact) mass is 485 g/mol. The van der Waals surface area contributed by atoms with Crippen LogP contribution < -0.4 is 10.1 Å². The number of aliphatic hydroxyl groups excluding tert-OH is 1. The number of benzene rings is 1. The molecule has 2 aliphatic rings. The molecular weight excluding hydrogens is 461 g/mol. The molecule has 1 aromatic carbocycles. The third kappa shape index (κ3) is 4.58. The van der Waals surface area contributed by atoms with E-state index in [2.05, 4.69) is 10.3 Å². The standard InChI is InChI=1S/C23H24F5N3O3/c1-13(32)19-17(23(26,27)28)11-15(12-29-19)34-9-8-31-6-4-22(5-7-31)16-10-14(20(24)25)2-3-18(16)30-21(22)33/h2-3,10-13,20,32H,4-9H2,1H3,(H,30,33)/t13-/m0/s1. The summed E-state index contributed by atoms with van der Waals surface area (Å²) in [6.45, 7) is 2.71. The number of fused-ring (bicyclic) bond motifs is 2. The quantitative estimate of drug-likeness (QED) is 0.592. The van der Waals surface area contributed by atoms with Gasteiger partial charge in [-0.15, -0.1) is 0 Å². The number of carbonyl (C=O) groups is 1. The maximum absolute atomic E-state index is 13.3. The highest BCUT2D eigenvalue weighted by Crippen LogP contribution is 2.46. The molecule has 0 bridgehead atoms. The van der Waals surface area contributed by atoms with E-state index in [1.165, 1.54) is 25.1 Å². The highest BCUT2D eigenvalue weighted by atomic mass is 19.4. The topological polar surface area (TPSA) is 74.7 Å². The molecule has 11 heteroatoms. The number of hydrogen-bond acceptors (Lipinski definition) is 5. The molecule has 2 N–H and O–H groups in total. The third-order valence-corrected chi connectivity index (χ3v) is 6.47. The summed E-state index contributed by atoms with van der Waals surface area (Å²) in [4.78, 5) is 18.4. The average Bonchev–Trinajstić information content (AvgIpc) is 3.04. The predicted molar refractivity (Wildman–Crippen MR) is 113 cm³/mol. The Morgan fingerprint density at radius 3 is 2.56 bits per heavy atom. The number of rotatable bonds is 6. The number of alkyl halides is 5. The first-order valence-electron chi connectivity index (χ1n) is 10.9. The lowest BCUT2D eigenvalue weighted by molar-refractivity contribution is -0.139. The molecule has 3 heterocycles. The van der Waals surface area contributed by atoms with Crippen molar-refractivity contribution in [1.82, 2.24) is 9.88 Å². The number of aromatic nitrogens is 1. The van der Waals surface area contributed by atoms with E-state index in [-0.39, 0.29) is 23.8 Å². The fraction of sp³-hybridized carbons (Fsp3) is 0.478. The lowest BCUT2D eigenvalue weighted by Gasteiger charge is -2.38. The van der Waals surface area contributed by atoms with Crippen molar-refractivity contribution in [3.05, 3.63) is 52.8 Å². The second kappa shape index (κ2) is 9.10. The Labute approximate surface area is 192 Å². The van der Waals surface area contributed by atoms with Crippen molar-refractivity contribution in [2.24, 2.45) is 0 Å². The second-order valence-corrected chi connectivity index (χ2v) is 8.61. The van der Waals surface area contributed by atoms with Crippen LogP contribution in [0.3, 0.4) is 0 Å². The first-order chi connectivity index (χ1) is 16.0. The van der Waals surface area contributed by atoms with Crippen molar-refractivity contribution in [1.29, 1.82) is 0 Å². The molecular formula is C23H24F5N3O3. The van der Waals surface area contributed by atoms with E-state index in [1.54, 1.807) is 0 Å². The van der Waals surface area contributed by atoms with Crippen LogP contribution in [0.4, 0.5) is 27.6 Å². The molecule has 1 amide bonds. The lowest BCUT2D eigenvalue weighted by Crippen LogP contribution is -2.47. The van der Waals surface area contributed by atoms with Gasteiger partial charge in [0.25, 0.3) is 6.43 Å². The minimum absolute atomic E-state index is 0.0613. The average molecular weight is 485 g/mol. The van der Waals surface area contributed by atoms with Crippen molar-refractivity contribution in [2.45, 2.75) is 43.9 Å². The summed E-state index contributed by atoms with van der Waals surface area (Å²) in [5.74, 6) is -0.261. The van der Waals surface area contributed by atoms with E-state index in [0.29, 0.717) is 43.7 Å². The Morgan fingerprint density at radius 2 is 1.94 bits per heavy atom. The van der Waals surface area contributed by atoms with Gasteiger partial charge in [-0.25, -0.2) is 8.78 Å². The number of nitrogens with zero attached hydrogens (tertiary/aromatic N) is 2. The molecule has 1 aromatic heterocycles. The Bertz CT molecular complexity index is 1070. The Kier molecular flexibility index (Phi) is 6.52. The van der Waals surface area contributed by atoms with Crippen LogP contribution >= 0.6 is 0 Å². The molecule has 0 unspecified atom stereocenters. The normalized spacial score (nSPS) is 18.8. The van der Waals surface area contributed by atoms with Gasteiger partial charge in [-0.3, -0.25) is 14.7 Å². The zero-order chi connectivity index (χ0) is 24.7. The van der Waals surface area contributed by atoms with Gasteiger partial charge in [-0.1, -0.05) is 6.07 Å². The second-order valence-electron chi connectivity index (χ2n) is 8.61. The predicted octanol–water partition coefficient (Wildman–Crippen LogP) is 4.46. The fourth-order valence-corrected chi connectivity index (χ4v) is 4.61. The van der Waals surface area contributed by atoms with Gasteiger partial charge in [0.15, 0.2) is 0 Å². The molecule has 1 spiro atoms. The highest BCUT2D eigenvalue weighted by molar-refractivity contribution is 6.06. The summed E-state index contributed by atoms with van der Waals surface area (Å²) >= 11 is 0. The molecule has 2 aliphatic heterocycles. The highest BCUT2D eigenvalue weighted by Gasteiger charge is 2.48. The van der Waals surface area contributed by atoms with Gasteiger partial charge in [0, 0.05) is 17.8 Å². The summed E-state index contributed by atoms with van der Waals surface area (Å²) in [5.41, 5.74) is -1.35. The van der Waals surface area contributed by atoms with Crippen LogP contribution in [0.1, 0.15) is 54.7 Å². The summed E-state index contributed by atoms with van der Waals surface area (Å²) in [7, 11) is 0. The van der Waals surface area contributed by atoms with Gasteiger partial charge < -0.3 is 15.2 Å². The Balaban J connectivity index is 1.37. The number of piperidine rings is 1. The summed E-state index contributed by atoms with van der Waals surface area (Å²) in [6.07, 6.45) is -6.67. The zero-order valence-electron chi connectivity index (χ0n) is 18.3. The summed E-state index contributed by atoms with van der Waals surface area (Å²) in [6, 6.07) is 5.04. The van der Waals surface area contributed by atoms with Crippen LogP contribution in [0, 0.1) is 0 Å². The first-order valence-corrected chi connectivity index (χ1v) is 10.9.